The number of hydrogen-bond donors (Lipinski definition) is 3. The quantitative estimate of drug-likeness (QED) is 0.0327. The summed E-state index contributed by atoms with van der Waals surface area (Å²) in [7, 11) is 0. The van der Waals surface area contributed by atoms with Crippen LogP contribution >= 0.6 is 0 Å². The lowest BCUT2D eigenvalue weighted by Gasteiger charge is -2.24. The van der Waals surface area contributed by atoms with E-state index < -0.39 is 18.2 Å². The molecule has 3 N–H and O–H groups in total. The summed E-state index contributed by atoms with van der Waals surface area (Å²) in [6, 6.07) is -0.700. The highest BCUT2D eigenvalue weighted by Gasteiger charge is 2.24. The van der Waals surface area contributed by atoms with Crippen molar-refractivity contribution in [3.63, 3.8) is 0 Å². The maximum Gasteiger partial charge on any atom is 0.306 e. The highest BCUT2D eigenvalue weighted by Crippen LogP contribution is 2.18. The topological polar surface area (TPSA) is 95.9 Å². The van der Waals surface area contributed by atoms with Crippen LogP contribution in [0.25, 0.3) is 0 Å². The number of hydrogen-bond acceptors (Lipinski definition) is 5. The van der Waals surface area contributed by atoms with Crippen LogP contribution < -0.4 is 5.32 Å². The molecule has 6 heteroatoms. The van der Waals surface area contributed by atoms with Gasteiger partial charge in [-0.3, -0.25) is 9.59 Å². The maximum atomic E-state index is 13.1. The minimum atomic E-state index is -0.786. The van der Waals surface area contributed by atoms with Crippen molar-refractivity contribution >= 4 is 11.9 Å². The molecule has 0 saturated heterocycles. The highest BCUT2D eigenvalue weighted by molar-refractivity contribution is 5.77. The number of esters is 1. The van der Waals surface area contributed by atoms with Gasteiger partial charge < -0.3 is 20.3 Å². The number of allylic oxidation sites excluding steroid dienone is 4. The highest BCUT2D eigenvalue weighted by atomic mass is 16.5. The van der Waals surface area contributed by atoms with E-state index in [-0.39, 0.29) is 24.9 Å². The smallest absolute Gasteiger partial charge is 0.306 e. The first kappa shape index (κ1) is 52.3. The second-order valence-electron chi connectivity index (χ2n) is 16.1. The third kappa shape index (κ3) is 37.3. The molecule has 0 aliphatic rings. The average Bonchev–Trinajstić information content (AvgIpc) is 3.16. The van der Waals surface area contributed by atoms with Crippen molar-refractivity contribution in [2.45, 2.75) is 264 Å². The molecule has 0 rings (SSSR count). The van der Waals surface area contributed by atoms with Crippen LogP contribution in [-0.4, -0.2) is 46.9 Å². The van der Waals surface area contributed by atoms with Crippen LogP contribution in [0.5, 0.6) is 0 Å². The molecule has 0 radical (unpaired) electrons. The fourth-order valence-electron chi connectivity index (χ4n) is 7.23. The Morgan fingerprint density at radius 2 is 1.00 bits per heavy atom. The molecule has 3 atom stereocenters. The second kappa shape index (κ2) is 42.5. The van der Waals surface area contributed by atoms with Gasteiger partial charge in [0.1, 0.15) is 6.10 Å². The van der Waals surface area contributed by atoms with Crippen LogP contribution in [0.1, 0.15) is 245 Å². The molecule has 0 bridgehead atoms. The Bertz CT molecular complexity index is 858. The second-order valence-corrected chi connectivity index (χ2v) is 16.1. The average molecular weight is 762 g/mol. The number of nitrogens with one attached hydrogen (secondary N) is 1. The first-order valence-electron chi connectivity index (χ1n) is 23.6. The number of amides is 1. The summed E-state index contributed by atoms with van der Waals surface area (Å²) in [5.41, 5.74) is 0. The van der Waals surface area contributed by atoms with E-state index >= 15 is 0 Å². The van der Waals surface area contributed by atoms with Gasteiger partial charge in [-0.15, -0.1) is 0 Å². The number of unbranched alkanes of at least 4 members (excludes halogenated alkanes) is 26. The van der Waals surface area contributed by atoms with Crippen LogP contribution in [0.3, 0.4) is 0 Å². The molecule has 0 aromatic carbocycles. The van der Waals surface area contributed by atoms with E-state index in [2.05, 4.69) is 50.4 Å². The Morgan fingerprint density at radius 1 is 0.556 bits per heavy atom. The maximum absolute atomic E-state index is 13.1. The van der Waals surface area contributed by atoms with Gasteiger partial charge in [-0.1, -0.05) is 206 Å². The van der Waals surface area contributed by atoms with E-state index in [1.807, 2.05) is 0 Å². The van der Waals surface area contributed by atoms with Gasteiger partial charge in [-0.25, -0.2) is 0 Å². The number of carbonyl (C=O) groups excluding carboxylic acids is 2. The Morgan fingerprint density at radius 3 is 1.50 bits per heavy atom. The molecule has 0 heterocycles. The van der Waals surface area contributed by atoms with Crippen LogP contribution in [-0.2, 0) is 14.3 Å². The van der Waals surface area contributed by atoms with Gasteiger partial charge in [-0.05, 0) is 51.4 Å². The third-order valence-electron chi connectivity index (χ3n) is 10.8. The van der Waals surface area contributed by atoms with E-state index in [0.29, 0.717) is 19.3 Å². The molecule has 0 aliphatic carbocycles. The Balaban J connectivity index is 4.55. The molecule has 0 fully saturated rings. The Labute approximate surface area is 335 Å². The van der Waals surface area contributed by atoms with Crippen molar-refractivity contribution in [2.24, 2.45) is 0 Å². The molecule has 1 amide bonds. The molecule has 0 spiro atoms. The summed E-state index contributed by atoms with van der Waals surface area (Å²) < 4.78 is 5.89. The zero-order valence-electron chi connectivity index (χ0n) is 36.1. The minimum Gasteiger partial charge on any atom is -0.462 e. The van der Waals surface area contributed by atoms with Crippen LogP contribution in [0, 0.1) is 0 Å². The molecule has 6 nitrogen and oxygen atoms in total. The van der Waals surface area contributed by atoms with E-state index in [1.54, 1.807) is 0 Å². The monoisotopic (exact) mass is 762 g/mol. The third-order valence-corrected chi connectivity index (χ3v) is 10.8. The van der Waals surface area contributed by atoms with Crippen molar-refractivity contribution in [1.82, 2.24) is 5.32 Å². The number of ether oxygens (including phenoxy) is 1. The summed E-state index contributed by atoms with van der Waals surface area (Å²) in [4.78, 5) is 26.0. The normalized spacial score (nSPS) is 13.5. The van der Waals surface area contributed by atoms with E-state index in [4.69, 9.17) is 4.74 Å². The van der Waals surface area contributed by atoms with Gasteiger partial charge in [0.25, 0.3) is 0 Å². The van der Waals surface area contributed by atoms with Gasteiger partial charge in [0.15, 0.2) is 0 Å². The van der Waals surface area contributed by atoms with E-state index in [9.17, 15) is 19.8 Å². The number of carbonyl (C=O) groups is 2. The molecular weight excluding hydrogens is 671 g/mol. The van der Waals surface area contributed by atoms with E-state index in [1.165, 1.54) is 128 Å². The van der Waals surface area contributed by atoms with Crippen molar-refractivity contribution in [1.29, 1.82) is 0 Å². The van der Waals surface area contributed by atoms with Crippen molar-refractivity contribution in [2.75, 3.05) is 6.61 Å². The number of rotatable bonds is 42. The molecule has 3 unspecified atom stereocenters. The lowest BCUT2D eigenvalue weighted by molar-refractivity contribution is -0.151. The summed E-state index contributed by atoms with van der Waals surface area (Å²) >= 11 is 0. The van der Waals surface area contributed by atoms with Crippen LogP contribution in [0.15, 0.2) is 24.3 Å². The molecular formula is C48H91NO5. The van der Waals surface area contributed by atoms with Crippen molar-refractivity contribution in [3.05, 3.63) is 24.3 Å². The molecule has 0 aromatic heterocycles. The molecule has 54 heavy (non-hydrogen) atoms. The zero-order valence-corrected chi connectivity index (χ0v) is 36.1. The van der Waals surface area contributed by atoms with Gasteiger partial charge in [0, 0.05) is 6.42 Å². The van der Waals surface area contributed by atoms with Crippen molar-refractivity contribution < 1.29 is 24.5 Å². The lowest BCUT2D eigenvalue weighted by Crippen LogP contribution is -2.46. The lowest BCUT2D eigenvalue weighted by atomic mass is 10.0. The standard InChI is InChI=1S/C48H91NO5/c1-4-7-10-13-16-19-22-24-26-28-31-34-37-40-46(51)45(43-50)49-47(52)42-44(39-36-33-30-27-25-23-20-17-14-11-8-5-2)54-48(53)41-38-35-32-29-21-18-15-12-9-6-3/h8,11,17,20,44-46,50-51H,4-7,9-10,12-16,18-19,21-43H2,1-3H3,(H,49,52)/b11-8+,20-17+. The predicted molar refractivity (Wildman–Crippen MR) is 232 cm³/mol. The zero-order chi connectivity index (χ0) is 39.6. The predicted octanol–water partition coefficient (Wildman–Crippen LogP) is 13.6. The van der Waals surface area contributed by atoms with Crippen LogP contribution in [0.4, 0.5) is 0 Å². The first-order chi connectivity index (χ1) is 26.5. The molecule has 318 valence electrons. The molecule has 0 aromatic rings. The van der Waals surface area contributed by atoms with Gasteiger partial charge in [0.2, 0.25) is 5.91 Å². The van der Waals surface area contributed by atoms with Crippen molar-refractivity contribution in [3.8, 4) is 0 Å². The van der Waals surface area contributed by atoms with Crippen LogP contribution in [0.2, 0.25) is 0 Å². The fourth-order valence-corrected chi connectivity index (χ4v) is 7.23. The fraction of sp³-hybridized carbons (Fsp3) is 0.875. The number of aliphatic hydroxyl groups is 2. The Hall–Kier alpha value is -1.66. The Kier molecular flexibility index (Phi) is 41.2. The van der Waals surface area contributed by atoms with Gasteiger partial charge >= 0.3 is 5.97 Å². The summed E-state index contributed by atoms with van der Waals surface area (Å²) in [6.07, 6.45) is 46.6. The summed E-state index contributed by atoms with van der Waals surface area (Å²) in [5.74, 6) is -0.482. The van der Waals surface area contributed by atoms with E-state index in [0.717, 1.165) is 70.6 Å². The number of aliphatic hydroxyl groups excluding tert-OH is 2. The molecule has 0 saturated carbocycles. The first-order valence-corrected chi connectivity index (χ1v) is 23.6. The molecule has 0 aliphatic heterocycles. The van der Waals surface area contributed by atoms with Gasteiger partial charge in [-0.2, -0.15) is 0 Å². The SMILES string of the molecule is CC/C=C/C/C=C/CCCCCCCC(CC(=O)NC(CO)C(O)CCCCCCCCCCCCCCC)OC(=O)CCCCCCCCCCCC. The summed E-state index contributed by atoms with van der Waals surface area (Å²) in [5, 5.41) is 23.7. The van der Waals surface area contributed by atoms with Gasteiger partial charge in [0.05, 0.1) is 25.2 Å². The minimum absolute atomic E-state index is 0.0724. The summed E-state index contributed by atoms with van der Waals surface area (Å²) in [6.45, 7) is 6.36. The largest absolute Gasteiger partial charge is 0.462 e.